The molecular formula is C8H17N3O3S. The zero-order valence-corrected chi connectivity index (χ0v) is 9.35. The molecule has 1 aliphatic heterocycles. The fourth-order valence-corrected chi connectivity index (χ4v) is 1.96. The van der Waals surface area contributed by atoms with Crippen molar-refractivity contribution in [1.82, 2.24) is 10.6 Å². The van der Waals surface area contributed by atoms with Gasteiger partial charge in [0, 0.05) is 25.6 Å². The van der Waals surface area contributed by atoms with Crippen molar-refractivity contribution in [2.75, 3.05) is 18.8 Å². The first-order valence-electron chi connectivity index (χ1n) is 4.98. The van der Waals surface area contributed by atoms with Crippen molar-refractivity contribution < 1.29 is 13.2 Å². The lowest BCUT2D eigenvalue weighted by Crippen LogP contribution is -2.36. The minimum atomic E-state index is -3.41. The molecule has 1 heterocycles. The zero-order chi connectivity index (χ0) is 11.3. The van der Waals surface area contributed by atoms with Crippen LogP contribution in [0.15, 0.2) is 0 Å². The largest absolute Gasteiger partial charge is 0.356 e. The number of rotatable bonds is 4. The van der Waals surface area contributed by atoms with E-state index >= 15 is 0 Å². The van der Waals surface area contributed by atoms with Crippen molar-refractivity contribution in [2.24, 2.45) is 5.14 Å². The summed E-state index contributed by atoms with van der Waals surface area (Å²) < 4.78 is 21.3. The summed E-state index contributed by atoms with van der Waals surface area (Å²) in [5.41, 5.74) is 0. The average molecular weight is 235 g/mol. The maximum Gasteiger partial charge on any atom is 0.221 e. The van der Waals surface area contributed by atoms with Crippen LogP contribution in [0.25, 0.3) is 0 Å². The summed E-state index contributed by atoms with van der Waals surface area (Å²) in [6, 6.07) is 0.0641. The third-order valence-electron chi connectivity index (χ3n) is 2.30. The normalized spacial score (nSPS) is 23.3. The number of sulfonamides is 1. The van der Waals surface area contributed by atoms with Crippen LogP contribution in [0.3, 0.4) is 0 Å². The molecule has 7 heteroatoms. The second-order valence-corrected chi connectivity index (χ2v) is 5.45. The second-order valence-electron chi connectivity index (χ2n) is 3.71. The van der Waals surface area contributed by atoms with Gasteiger partial charge in [0.15, 0.2) is 0 Å². The van der Waals surface area contributed by atoms with E-state index in [9.17, 15) is 13.2 Å². The number of hydrogen-bond acceptors (Lipinski definition) is 4. The van der Waals surface area contributed by atoms with Crippen LogP contribution in [-0.4, -0.2) is 39.2 Å². The molecule has 0 saturated carbocycles. The Balaban J connectivity index is 2.28. The standard InChI is InChI=1S/C8H17N3O3S/c9-15(13,14)5-4-10-7-2-1-3-11-8(12)6-7/h7,10H,1-6H2,(H,11,12)(H2,9,13,14). The van der Waals surface area contributed by atoms with E-state index in [0.29, 0.717) is 19.5 Å². The van der Waals surface area contributed by atoms with Gasteiger partial charge in [0.05, 0.1) is 5.75 Å². The molecule has 1 amide bonds. The lowest BCUT2D eigenvalue weighted by Gasteiger charge is -2.14. The van der Waals surface area contributed by atoms with E-state index in [4.69, 9.17) is 5.14 Å². The highest BCUT2D eigenvalue weighted by atomic mass is 32.2. The highest BCUT2D eigenvalue weighted by molar-refractivity contribution is 7.89. The quantitative estimate of drug-likeness (QED) is 0.554. The fraction of sp³-hybridized carbons (Fsp3) is 0.875. The van der Waals surface area contributed by atoms with Crippen molar-refractivity contribution >= 4 is 15.9 Å². The molecule has 0 aromatic carbocycles. The highest BCUT2D eigenvalue weighted by Crippen LogP contribution is 2.05. The molecule has 0 aromatic rings. The monoisotopic (exact) mass is 235 g/mol. The molecule has 0 spiro atoms. The third-order valence-corrected chi connectivity index (χ3v) is 3.08. The Kier molecular flexibility index (Phi) is 4.49. The SMILES string of the molecule is NS(=O)(=O)CCNC1CCCNC(=O)C1. The molecule has 0 aliphatic carbocycles. The van der Waals surface area contributed by atoms with E-state index in [1.165, 1.54) is 0 Å². The summed E-state index contributed by atoms with van der Waals surface area (Å²) in [6.07, 6.45) is 2.20. The lowest BCUT2D eigenvalue weighted by molar-refractivity contribution is -0.121. The van der Waals surface area contributed by atoms with Crippen molar-refractivity contribution in [1.29, 1.82) is 0 Å². The number of amides is 1. The molecule has 15 heavy (non-hydrogen) atoms. The Morgan fingerprint density at radius 3 is 2.93 bits per heavy atom. The molecule has 1 fully saturated rings. The zero-order valence-electron chi connectivity index (χ0n) is 8.53. The number of nitrogens with one attached hydrogen (secondary N) is 2. The van der Waals surface area contributed by atoms with Crippen molar-refractivity contribution in [3.63, 3.8) is 0 Å². The Morgan fingerprint density at radius 1 is 1.53 bits per heavy atom. The van der Waals surface area contributed by atoms with Crippen molar-refractivity contribution in [3.05, 3.63) is 0 Å². The number of carbonyl (C=O) groups excluding carboxylic acids is 1. The summed E-state index contributed by atoms with van der Waals surface area (Å²) in [7, 11) is -3.41. The topological polar surface area (TPSA) is 101 Å². The van der Waals surface area contributed by atoms with Crippen LogP contribution in [0.4, 0.5) is 0 Å². The molecule has 1 atom stereocenters. The van der Waals surface area contributed by atoms with E-state index in [1.54, 1.807) is 0 Å². The van der Waals surface area contributed by atoms with Gasteiger partial charge in [-0.25, -0.2) is 13.6 Å². The van der Waals surface area contributed by atoms with Gasteiger partial charge in [0.2, 0.25) is 15.9 Å². The first-order chi connectivity index (χ1) is 6.97. The smallest absolute Gasteiger partial charge is 0.221 e. The van der Waals surface area contributed by atoms with Gasteiger partial charge in [0.1, 0.15) is 0 Å². The van der Waals surface area contributed by atoms with Crippen molar-refractivity contribution in [3.8, 4) is 0 Å². The summed E-state index contributed by atoms with van der Waals surface area (Å²) >= 11 is 0. The molecule has 1 aliphatic rings. The van der Waals surface area contributed by atoms with Crippen LogP contribution in [0, 0.1) is 0 Å². The van der Waals surface area contributed by atoms with E-state index in [0.717, 1.165) is 12.8 Å². The van der Waals surface area contributed by atoms with Crippen LogP contribution in [-0.2, 0) is 14.8 Å². The Labute approximate surface area is 89.6 Å². The van der Waals surface area contributed by atoms with Crippen LogP contribution >= 0.6 is 0 Å². The van der Waals surface area contributed by atoms with Crippen LogP contribution in [0.5, 0.6) is 0 Å². The van der Waals surface area contributed by atoms with E-state index in [2.05, 4.69) is 10.6 Å². The summed E-state index contributed by atoms with van der Waals surface area (Å²) in [5.74, 6) is -0.0777. The Bertz CT molecular complexity index is 315. The molecule has 1 saturated heterocycles. The molecule has 1 rings (SSSR count). The molecule has 0 bridgehead atoms. The van der Waals surface area contributed by atoms with Gasteiger partial charge in [-0.05, 0) is 12.8 Å². The molecule has 88 valence electrons. The van der Waals surface area contributed by atoms with E-state index in [1.807, 2.05) is 0 Å². The van der Waals surface area contributed by atoms with E-state index in [-0.39, 0.29) is 17.7 Å². The van der Waals surface area contributed by atoms with Gasteiger partial charge in [-0.15, -0.1) is 0 Å². The van der Waals surface area contributed by atoms with Crippen molar-refractivity contribution in [2.45, 2.75) is 25.3 Å². The molecule has 1 unspecified atom stereocenters. The minimum absolute atomic E-state index is 0.0144. The van der Waals surface area contributed by atoms with Crippen LogP contribution in [0.2, 0.25) is 0 Å². The average Bonchev–Trinajstić information content (AvgIpc) is 2.27. The Morgan fingerprint density at radius 2 is 2.27 bits per heavy atom. The molecule has 6 nitrogen and oxygen atoms in total. The minimum Gasteiger partial charge on any atom is -0.356 e. The number of carbonyl (C=O) groups is 1. The Hall–Kier alpha value is -0.660. The van der Waals surface area contributed by atoms with Gasteiger partial charge in [0.25, 0.3) is 0 Å². The number of hydrogen-bond donors (Lipinski definition) is 3. The fourth-order valence-electron chi connectivity index (χ4n) is 1.55. The summed E-state index contributed by atoms with van der Waals surface area (Å²) in [6.45, 7) is 1.00. The predicted octanol–water partition coefficient (Wildman–Crippen LogP) is -1.47. The van der Waals surface area contributed by atoms with Gasteiger partial charge >= 0.3 is 0 Å². The van der Waals surface area contributed by atoms with E-state index < -0.39 is 10.0 Å². The van der Waals surface area contributed by atoms with Crippen LogP contribution < -0.4 is 15.8 Å². The highest BCUT2D eigenvalue weighted by Gasteiger charge is 2.16. The van der Waals surface area contributed by atoms with Gasteiger partial charge in [-0.2, -0.15) is 0 Å². The third kappa shape index (κ3) is 5.71. The molecule has 0 aromatic heterocycles. The maximum absolute atomic E-state index is 11.2. The summed E-state index contributed by atoms with van der Waals surface area (Å²) in [4.78, 5) is 11.2. The second kappa shape index (κ2) is 5.43. The summed E-state index contributed by atoms with van der Waals surface area (Å²) in [5, 5.41) is 10.6. The van der Waals surface area contributed by atoms with Gasteiger partial charge in [-0.1, -0.05) is 0 Å². The number of primary sulfonamides is 1. The predicted molar refractivity (Wildman–Crippen MR) is 56.6 cm³/mol. The molecular weight excluding hydrogens is 218 g/mol. The van der Waals surface area contributed by atoms with Gasteiger partial charge in [-0.3, -0.25) is 4.79 Å². The first-order valence-corrected chi connectivity index (χ1v) is 6.69. The van der Waals surface area contributed by atoms with Gasteiger partial charge < -0.3 is 10.6 Å². The molecule has 0 radical (unpaired) electrons. The lowest BCUT2D eigenvalue weighted by atomic mass is 10.1. The number of nitrogens with two attached hydrogens (primary N) is 1. The maximum atomic E-state index is 11.2. The first kappa shape index (κ1) is 12.4. The van der Waals surface area contributed by atoms with Crippen LogP contribution in [0.1, 0.15) is 19.3 Å². The molecule has 4 N–H and O–H groups in total.